The first-order chi connectivity index (χ1) is 10.1. The Morgan fingerprint density at radius 1 is 0.708 bits per heavy atom. The average molecular weight is 572 g/mol. The molecule has 24 heavy (non-hydrogen) atoms. The van der Waals surface area contributed by atoms with Crippen LogP contribution in [0.5, 0.6) is 0 Å². The molecule has 146 valence electrons. The summed E-state index contributed by atoms with van der Waals surface area (Å²) in [7, 11) is 8.34. The molecule has 0 fully saturated rings. The zero-order chi connectivity index (χ0) is 17.2. The number of carbonyl (C=O) groups is 2. The molecule has 0 aliphatic heterocycles. The van der Waals surface area contributed by atoms with E-state index < -0.39 is 0 Å². The van der Waals surface area contributed by atoms with E-state index in [-0.39, 0.29) is 72.7 Å². The van der Waals surface area contributed by atoms with Gasteiger partial charge < -0.3 is 66.4 Å². The van der Waals surface area contributed by atoms with Crippen LogP contribution in [-0.4, -0.2) is 88.5 Å². The quantitative estimate of drug-likeness (QED) is 0.142. The zero-order valence-corrected chi connectivity index (χ0v) is 20.3. The molecule has 0 aromatic rings. The molecule has 0 saturated carbocycles. The first kappa shape index (κ1) is 29.1. The Balaban J connectivity index is -0.00000220. The summed E-state index contributed by atoms with van der Waals surface area (Å²) < 4.78 is 11.9. The molecule has 0 amide bonds. The van der Waals surface area contributed by atoms with Crippen molar-refractivity contribution < 1.29 is 76.0 Å². The average Bonchev–Trinajstić information content (AvgIpc) is 2.45. The van der Waals surface area contributed by atoms with Gasteiger partial charge in [-0.05, 0) is 13.8 Å². The van der Waals surface area contributed by atoms with E-state index in [4.69, 9.17) is 9.47 Å². The molecule has 0 radical (unpaired) electrons. The van der Waals surface area contributed by atoms with Crippen LogP contribution in [0.1, 0.15) is 26.7 Å². The minimum Gasteiger partial charge on any atom is -1.00 e. The maximum atomic E-state index is 11.6. The summed E-state index contributed by atoms with van der Waals surface area (Å²) in [5.41, 5.74) is 0. The number of ether oxygens (including phenoxy) is 2. The van der Waals surface area contributed by atoms with Gasteiger partial charge in [-0.25, -0.2) is 0 Å². The number of nitrogens with zero attached hydrogens (tertiary/aromatic N) is 2. The largest absolute Gasteiger partial charge is 1.00 e. The summed E-state index contributed by atoms with van der Waals surface area (Å²) in [6.45, 7) is 8.47. The van der Waals surface area contributed by atoms with E-state index in [1.54, 1.807) is 0 Å². The summed E-state index contributed by atoms with van der Waals surface area (Å²) in [5.74, 6) is -0.671. The molecule has 0 rings (SSSR count). The number of carbonyl (C=O) groups excluding carboxylic acids is 2. The van der Waals surface area contributed by atoms with E-state index in [0.29, 0.717) is 13.2 Å². The molecule has 0 N–H and O–H groups in total. The van der Waals surface area contributed by atoms with Crippen LogP contribution in [0.4, 0.5) is 0 Å². The van der Waals surface area contributed by atoms with Crippen molar-refractivity contribution in [2.45, 2.75) is 26.7 Å². The third kappa shape index (κ3) is 15.8. The molecule has 0 aromatic heterocycles. The fourth-order valence-electron chi connectivity index (χ4n) is 1.48. The van der Waals surface area contributed by atoms with Gasteiger partial charge in [0.2, 0.25) is 0 Å². The van der Waals surface area contributed by atoms with E-state index in [1.165, 1.54) is 0 Å². The molecule has 0 heterocycles. The predicted octanol–water partition coefficient (Wildman–Crippen LogP) is -4.95. The molecule has 0 unspecified atom stereocenters. The molecule has 0 atom stereocenters. The van der Waals surface area contributed by atoms with E-state index >= 15 is 0 Å². The molecular weight excluding hydrogens is 538 g/mol. The minimum atomic E-state index is -0.335. The van der Waals surface area contributed by atoms with E-state index in [1.807, 2.05) is 0 Å². The molecule has 0 saturated heterocycles. The Morgan fingerprint density at radius 2 is 1.00 bits per heavy atom. The standard InChI is InChI=1S/C16H34N2O4.2HI/c1-7-17(3,4)11-13-21-15(19)9-10-16(20)22-14-12-18(5,6)8-2;;/h7-14H2,1-6H3;2*1H/q+2;;/p-2. The van der Waals surface area contributed by atoms with E-state index in [2.05, 4.69) is 42.0 Å². The van der Waals surface area contributed by atoms with Gasteiger partial charge in [0.05, 0.1) is 54.1 Å². The lowest BCUT2D eigenvalue weighted by Crippen LogP contribution is -3.00. The van der Waals surface area contributed by atoms with Gasteiger partial charge in [-0.3, -0.25) is 9.59 Å². The summed E-state index contributed by atoms with van der Waals surface area (Å²) >= 11 is 0. The number of likely N-dealkylation sites (N-methyl/N-ethyl adjacent to an activating group) is 2. The van der Waals surface area contributed by atoms with Gasteiger partial charge in [-0.15, -0.1) is 0 Å². The van der Waals surface area contributed by atoms with Gasteiger partial charge in [0.15, 0.2) is 0 Å². The highest BCUT2D eigenvalue weighted by Gasteiger charge is 2.15. The number of quaternary nitrogens is 2. The second kappa shape index (κ2) is 14.5. The second-order valence-corrected chi connectivity index (χ2v) is 6.89. The van der Waals surface area contributed by atoms with Gasteiger partial charge in [0.1, 0.15) is 26.3 Å². The van der Waals surface area contributed by atoms with Crippen LogP contribution < -0.4 is 48.0 Å². The van der Waals surface area contributed by atoms with Crippen LogP contribution in [0.2, 0.25) is 0 Å². The lowest BCUT2D eigenvalue weighted by Gasteiger charge is -2.27. The van der Waals surface area contributed by atoms with Crippen LogP contribution in [0, 0.1) is 0 Å². The second-order valence-electron chi connectivity index (χ2n) is 6.89. The van der Waals surface area contributed by atoms with Crippen molar-refractivity contribution in [1.29, 1.82) is 0 Å². The van der Waals surface area contributed by atoms with Crippen molar-refractivity contribution in [2.24, 2.45) is 0 Å². The van der Waals surface area contributed by atoms with Crippen molar-refractivity contribution in [3.05, 3.63) is 0 Å². The first-order valence-corrected chi connectivity index (χ1v) is 8.07. The molecule has 0 spiro atoms. The molecule has 0 aromatic carbocycles. The van der Waals surface area contributed by atoms with Crippen molar-refractivity contribution in [1.82, 2.24) is 0 Å². The maximum absolute atomic E-state index is 11.6. The Bertz CT molecular complexity index is 330. The maximum Gasteiger partial charge on any atom is 0.306 e. The predicted molar refractivity (Wildman–Crippen MR) is 86.2 cm³/mol. The Hall–Kier alpha value is 0.320. The molecule has 0 bridgehead atoms. The van der Waals surface area contributed by atoms with E-state index in [0.717, 1.165) is 35.1 Å². The third-order valence-corrected chi connectivity index (χ3v) is 4.16. The number of hydrogen-bond acceptors (Lipinski definition) is 4. The smallest absolute Gasteiger partial charge is 0.306 e. The molecule has 6 nitrogen and oxygen atoms in total. The number of esters is 2. The Kier molecular flexibility index (Phi) is 17.6. The van der Waals surface area contributed by atoms with Crippen molar-refractivity contribution >= 4 is 11.9 Å². The van der Waals surface area contributed by atoms with Gasteiger partial charge in [0, 0.05) is 0 Å². The van der Waals surface area contributed by atoms with Gasteiger partial charge in [-0.2, -0.15) is 0 Å². The summed E-state index contributed by atoms with van der Waals surface area (Å²) in [6, 6.07) is 0. The van der Waals surface area contributed by atoms with Crippen LogP contribution in [-0.2, 0) is 19.1 Å². The lowest BCUT2D eigenvalue weighted by molar-refractivity contribution is -0.888. The fraction of sp³-hybridized carbons (Fsp3) is 0.875. The van der Waals surface area contributed by atoms with Crippen molar-refractivity contribution in [3.63, 3.8) is 0 Å². The topological polar surface area (TPSA) is 52.6 Å². The van der Waals surface area contributed by atoms with Crippen LogP contribution in [0.15, 0.2) is 0 Å². The summed E-state index contributed by atoms with van der Waals surface area (Å²) in [4.78, 5) is 23.1. The van der Waals surface area contributed by atoms with Crippen LogP contribution in [0.3, 0.4) is 0 Å². The summed E-state index contributed by atoms with van der Waals surface area (Å²) in [6.07, 6.45) is 0.175. The first-order valence-electron chi connectivity index (χ1n) is 8.07. The van der Waals surface area contributed by atoms with E-state index in [9.17, 15) is 9.59 Å². The van der Waals surface area contributed by atoms with Gasteiger partial charge >= 0.3 is 11.9 Å². The number of hydrogen-bond donors (Lipinski definition) is 0. The number of halogens is 2. The Morgan fingerprint density at radius 3 is 1.25 bits per heavy atom. The molecule has 0 aliphatic rings. The van der Waals surface area contributed by atoms with Crippen LogP contribution in [0.25, 0.3) is 0 Å². The lowest BCUT2D eigenvalue weighted by atomic mass is 10.3. The molecular formula is C16H34I2N2O4. The monoisotopic (exact) mass is 572 g/mol. The minimum absolute atomic E-state index is 0. The SMILES string of the molecule is CC[N+](C)(C)CCOC(=O)CCC(=O)OCC[N+](C)(C)CC.[I-].[I-]. The zero-order valence-electron chi connectivity index (χ0n) is 15.9. The number of rotatable bonds is 11. The molecule has 0 aliphatic carbocycles. The third-order valence-electron chi connectivity index (χ3n) is 4.16. The van der Waals surface area contributed by atoms with Gasteiger partial charge in [0.25, 0.3) is 0 Å². The Labute approximate surface area is 181 Å². The van der Waals surface area contributed by atoms with Crippen molar-refractivity contribution in [2.75, 3.05) is 67.6 Å². The molecule has 8 heteroatoms. The normalized spacial score (nSPS) is 11.1. The summed E-state index contributed by atoms with van der Waals surface area (Å²) in [5, 5.41) is 0. The fourth-order valence-corrected chi connectivity index (χ4v) is 1.48. The van der Waals surface area contributed by atoms with Crippen LogP contribution >= 0.6 is 0 Å². The van der Waals surface area contributed by atoms with Gasteiger partial charge in [-0.1, -0.05) is 0 Å². The highest BCUT2D eigenvalue weighted by molar-refractivity contribution is 5.77. The highest BCUT2D eigenvalue weighted by atomic mass is 127. The van der Waals surface area contributed by atoms with Crippen molar-refractivity contribution in [3.8, 4) is 0 Å². The highest BCUT2D eigenvalue weighted by Crippen LogP contribution is 2.00.